The highest BCUT2D eigenvalue weighted by atomic mass is 35.5. The number of nitrogens with zero attached hydrogens (tertiary/aromatic N) is 3. The fourth-order valence-corrected chi connectivity index (χ4v) is 4.25. The molecule has 2 aromatic rings. The van der Waals surface area contributed by atoms with Crippen molar-refractivity contribution in [2.75, 3.05) is 37.6 Å². The summed E-state index contributed by atoms with van der Waals surface area (Å²) in [7, 11) is 0. The molecule has 0 spiro atoms. The van der Waals surface area contributed by atoms with Gasteiger partial charge in [-0.1, -0.05) is 18.2 Å². The SMILES string of the molecule is Cl.Cl.O=C(Cn1nccc1C1CCCNC1)NCCCN1CCc2ccccc21. The first kappa shape index (κ1) is 23.5. The van der Waals surface area contributed by atoms with Crippen molar-refractivity contribution in [1.82, 2.24) is 20.4 Å². The summed E-state index contributed by atoms with van der Waals surface area (Å²) >= 11 is 0. The van der Waals surface area contributed by atoms with Gasteiger partial charge in [-0.15, -0.1) is 24.8 Å². The lowest BCUT2D eigenvalue weighted by Crippen LogP contribution is -2.33. The van der Waals surface area contributed by atoms with Crippen LogP contribution in [0.2, 0.25) is 0 Å². The van der Waals surface area contributed by atoms with Crippen molar-refractivity contribution in [3.8, 4) is 0 Å². The molecule has 0 saturated carbocycles. The summed E-state index contributed by atoms with van der Waals surface area (Å²) in [4.78, 5) is 14.8. The molecule has 8 heteroatoms. The summed E-state index contributed by atoms with van der Waals surface area (Å²) in [6, 6.07) is 10.7. The van der Waals surface area contributed by atoms with Crippen LogP contribution in [0.3, 0.4) is 0 Å². The molecule has 2 aliphatic rings. The summed E-state index contributed by atoms with van der Waals surface area (Å²) in [5, 5.41) is 10.9. The van der Waals surface area contributed by atoms with Gasteiger partial charge in [0.15, 0.2) is 0 Å². The van der Waals surface area contributed by atoms with Crippen molar-refractivity contribution in [2.24, 2.45) is 0 Å². The second kappa shape index (κ2) is 11.4. The van der Waals surface area contributed by atoms with E-state index in [1.165, 1.54) is 23.4 Å². The Morgan fingerprint density at radius 2 is 2.10 bits per heavy atom. The quantitative estimate of drug-likeness (QED) is 0.651. The number of para-hydroxylation sites is 1. The Bertz CT molecular complexity index is 776. The highest BCUT2D eigenvalue weighted by Crippen LogP contribution is 2.27. The Labute approximate surface area is 185 Å². The van der Waals surface area contributed by atoms with Gasteiger partial charge >= 0.3 is 0 Å². The lowest BCUT2D eigenvalue weighted by atomic mass is 9.96. The number of nitrogens with one attached hydrogen (secondary N) is 2. The molecule has 1 fully saturated rings. The smallest absolute Gasteiger partial charge is 0.241 e. The monoisotopic (exact) mass is 439 g/mol. The minimum atomic E-state index is 0. The molecular weight excluding hydrogens is 409 g/mol. The number of carbonyl (C=O) groups is 1. The summed E-state index contributed by atoms with van der Waals surface area (Å²) in [6.07, 6.45) is 6.24. The van der Waals surface area contributed by atoms with Crippen LogP contribution in [0.25, 0.3) is 0 Å². The number of fused-ring (bicyclic) bond motifs is 1. The van der Waals surface area contributed by atoms with Crippen LogP contribution >= 0.6 is 24.8 Å². The van der Waals surface area contributed by atoms with Crippen molar-refractivity contribution in [3.63, 3.8) is 0 Å². The van der Waals surface area contributed by atoms with E-state index in [9.17, 15) is 4.79 Å². The third-order valence-corrected chi connectivity index (χ3v) is 5.67. The highest BCUT2D eigenvalue weighted by Gasteiger charge is 2.20. The Hall–Kier alpha value is -1.76. The number of piperidine rings is 1. The summed E-state index contributed by atoms with van der Waals surface area (Å²) in [5.41, 5.74) is 3.96. The molecule has 1 amide bonds. The molecule has 4 rings (SSSR count). The number of amides is 1. The molecule has 0 radical (unpaired) electrons. The van der Waals surface area contributed by atoms with Gasteiger partial charge in [0.25, 0.3) is 0 Å². The van der Waals surface area contributed by atoms with Crippen LogP contribution in [0.15, 0.2) is 36.5 Å². The molecule has 0 bridgehead atoms. The molecule has 29 heavy (non-hydrogen) atoms. The highest BCUT2D eigenvalue weighted by molar-refractivity contribution is 5.85. The molecule has 1 aromatic carbocycles. The minimum Gasteiger partial charge on any atom is -0.371 e. The predicted octanol–water partition coefficient (Wildman–Crippen LogP) is 2.76. The van der Waals surface area contributed by atoms with Crippen LogP contribution in [0, 0.1) is 0 Å². The Morgan fingerprint density at radius 1 is 1.24 bits per heavy atom. The zero-order valence-electron chi connectivity index (χ0n) is 16.7. The molecule has 1 atom stereocenters. The summed E-state index contributed by atoms with van der Waals surface area (Å²) < 4.78 is 1.86. The number of benzene rings is 1. The zero-order chi connectivity index (χ0) is 18.5. The first-order valence-corrected chi connectivity index (χ1v) is 10.1. The van der Waals surface area contributed by atoms with E-state index >= 15 is 0 Å². The van der Waals surface area contributed by atoms with Crippen molar-refractivity contribution in [1.29, 1.82) is 0 Å². The van der Waals surface area contributed by atoms with E-state index < -0.39 is 0 Å². The molecular formula is C21H31Cl2N5O. The maximum Gasteiger partial charge on any atom is 0.241 e. The van der Waals surface area contributed by atoms with Gasteiger partial charge in [-0.3, -0.25) is 9.48 Å². The van der Waals surface area contributed by atoms with Crippen LogP contribution in [-0.4, -0.2) is 48.4 Å². The lowest BCUT2D eigenvalue weighted by Gasteiger charge is -2.23. The van der Waals surface area contributed by atoms with E-state index in [0.29, 0.717) is 19.0 Å². The Morgan fingerprint density at radius 3 is 2.93 bits per heavy atom. The largest absolute Gasteiger partial charge is 0.371 e. The van der Waals surface area contributed by atoms with E-state index in [2.05, 4.69) is 51.0 Å². The number of carbonyl (C=O) groups excluding carboxylic acids is 1. The number of aromatic nitrogens is 2. The standard InChI is InChI=1S/C21H29N5O.2ClH/c27-21(16-26-20(8-12-24-26)18-6-3-10-22-15-18)23-11-4-13-25-14-9-17-5-1-2-7-19(17)25;;/h1-2,5,7-8,12,18,22H,3-4,6,9-11,13-16H2,(H,23,27);2*1H. The van der Waals surface area contributed by atoms with E-state index in [1.807, 2.05) is 10.9 Å². The van der Waals surface area contributed by atoms with Gasteiger partial charge in [-0.05, 0) is 49.9 Å². The third kappa shape index (κ3) is 5.87. The normalized spacial score (nSPS) is 17.8. The number of halogens is 2. The van der Waals surface area contributed by atoms with Gasteiger partial charge < -0.3 is 15.5 Å². The molecule has 6 nitrogen and oxygen atoms in total. The fraction of sp³-hybridized carbons (Fsp3) is 0.524. The van der Waals surface area contributed by atoms with Crippen LogP contribution < -0.4 is 15.5 Å². The second-order valence-electron chi connectivity index (χ2n) is 7.53. The number of hydrogen-bond donors (Lipinski definition) is 2. The van der Waals surface area contributed by atoms with E-state index in [1.54, 1.807) is 0 Å². The van der Waals surface area contributed by atoms with Crippen LogP contribution in [0.5, 0.6) is 0 Å². The molecule has 3 heterocycles. The zero-order valence-corrected chi connectivity index (χ0v) is 18.3. The molecule has 0 aliphatic carbocycles. The maximum atomic E-state index is 12.3. The van der Waals surface area contributed by atoms with Gasteiger partial charge in [-0.2, -0.15) is 5.10 Å². The number of hydrogen-bond acceptors (Lipinski definition) is 4. The number of rotatable bonds is 7. The molecule has 160 valence electrons. The first-order valence-electron chi connectivity index (χ1n) is 10.1. The molecule has 1 saturated heterocycles. The second-order valence-corrected chi connectivity index (χ2v) is 7.53. The number of anilines is 1. The average Bonchev–Trinajstić information content (AvgIpc) is 3.33. The molecule has 1 unspecified atom stereocenters. The van der Waals surface area contributed by atoms with Crippen molar-refractivity contribution >= 4 is 36.4 Å². The van der Waals surface area contributed by atoms with E-state index in [0.717, 1.165) is 45.4 Å². The summed E-state index contributed by atoms with van der Waals surface area (Å²) in [6.45, 7) is 5.15. The topological polar surface area (TPSA) is 62.2 Å². The van der Waals surface area contributed by atoms with Crippen molar-refractivity contribution < 1.29 is 4.79 Å². The van der Waals surface area contributed by atoms with Gasteiger partial charge in [0, 0.05) is 49.7 Å². The Balaban J connectivity index is 0.00000150. The van der Waals surface area contributed by atoms with Crippen molar-refractivity contribution in [3.05, 3.63) is 47.8 Å². The van der Waals surface area contributed by atoms with Gasteiger partial charge in [0.2, 0.25) is 5.91 Å². The first-order chi connectivity index (χ1) is 13.3. The third-order valence-electron chi connectivity index (χ3n) is 5.67. The predicted molar refractivity (Wildman–Crippen MR) is 122 cm³/mol. The van der Waals surface area contributed by atoms with Gasteiger partial charge in [0.05, 0.1) is 0 Å². The van der Waals surface area contributed by atoms with Crippen LogP contribution in [-0.2, 0) is 17.8 Å². The van der Waals surface area contributed by atoms with Crippen molar-refractivity contribution in [2.45, 2.75) is 38.1 Å². The van der Waals surface area contributed by atoms with Gasteiger partial charge in [0.1, 0.15) is 6.54 Å². The molecule has 1 aromatic heterocycles. The van der Waals surface area contributed by atoms with E-state index in [4.69, 9.17) is 0 Å². The lowest BCUT2D eigenvalue weighted by molar-refractivity contribution is -0.121. The minimum absolute atomic E-state index is 0. The molecule has 2 N–H and O–H groups in total. The summed E-state index contributed by atoms with van der Waals surface area (Å²) in [5.74, 6) is 0.509. The van der Waals surface area contributed by atoms with Crippen LogP contribution in [0.1, 0.15) is 36.4 Å². The maximum absolute atomic E-state index is 12.3. The average molecular weight is 440 g/mol. The van der Waals surface area contributed by atoms with E-state index in [-0.39, 0.29) is 30.7 Å². The Kier molecular flexibility index (Phi) is 9.27. The van der Waals surface area contributed by atoms with Gasteiger partial charge in [-0.25, -0.2) is 0 Å². The van der Waals surface area contributed by atoms with Crippen LogP contribution in [0.4, 0.5) is 5.69 Å². The fourth-order valence-electron chi connectivity index (χ4n) is 4.25. The molecule has 2 aliphatic heterocycles.